The van der Waals surface area contributed by atoms with Crippen LogP contribution in [-0.2, 0) is 6.54 Å². The standard InChI is InChI=1S/C11H17N3S/c1-9-8-15-5-4-14(9)11-3-2-10(6-12)7-13-11/h2-3,7,9H,4-6,8,12H2,1H3. The minimum Gasteiger partial charge on any atom is -0.352 e. The number of pyridine rings is 1. The molecule has 0 saturated carbocycles. The summed E-state index contributed by atoms with van der Waals surface area (Å²) in [5, 5.41) is 0. The number of rotatable bonds is 2. The first-order chi connectivity index (χ1) is 7.31. The van der Waals surface area contributed by atoms with Gasteiger partial charge in [-0.25, -0.2) is 4.98 Å². The minimum atomic E-state index is 0.568. The number of nitrogens with zero attached hydrogens (tertiary/aromatic N) is 2. The maximum Gasteiger partial charge on any atom is 0.128 e. The van der Waals surface area contributed by atoms with Gasteiger partial charge in [0.25, 0.3) is 0 Å². The minimum absolute atomic E-state index is 0.568. The zero-order chi connectivity index (χ0) is 10.7. The lowest BCUT2D eigenvalue weighted by atomic mass is 10.2. The van der Waals surface area contributed by atoms with Gasteiger partial charge in [0.2, 0.25) is 0 Å². The predicted molar refractivity (Wildman–Crippen MR) is 66.3 cm³/mol. The molecule has 4 heteroatoms. The van der Waals surface area contributed by atoms with E-state index in [-0.39, 0.29) is 0 Å². The van der Waals surface area contributed by atoms with Gasteiger partial charge < -0.3 is 10.6 Å². The molecular formula is C11H17N3S. The Kier molecular flexibility index (Phi) is 3.49. The molecule has 82 valence electrons. The maximum atomic E-state index is 5.55. The molecule has 0 aliphatic carbocycles. The zero-order valence-electron chi connectivity index (χ0n) is 9.02. The highest BCUT2D eigenvalue weighted by atomic mass is 32.2. The van der Waals surface area contributed by atoms with Gasteiger partial charge in [-0.05, 0) is 18.6 Å². The number of hydrogen-bond acceptors (Lipinski definition) is 4. The van der Waals surface area contributed by atoms with Crippen LogP contribution in [0.15, 0.2) is 18.3 Å². The van der Waals surface area contributed by atoms with E-state index in [1.165, 1.54) is 11.5 Å². The number of nitrogens with two attached hydrogens (primary N) is 1. The lowest BCUT2D eigenvalue weighted by molar-refractivity contribution is 0.689. The van der Waals surface area contributed by atoms with E-state index >= 15 is 0 Å². The SMILES string of the molecule is CC1CSCCN1c1ccc(CN)cn1. The van der Waals surface area contributed by atoms with Crippen molar-refractivity contribution < 1.29 is 0 Å². The van der Waals surface area contributed by atoms with Gasteiger partial charge in [-0.1, -0.05) is 6.07 Å². The third-order valence-electron chi connectivity index (χ3n) is 2.71. The number of aromatic nitrogens is 1. The Labute approximate surface area is 95.1 Å². The highest BCUT2D eigenvalue weighted by Gasteiger charge is 2.19. The second-order valence-corrected chi connectivity index (χ2v) is 5.00. The average molecular weight is 223 g/mol. The van der Waals surface area contributed by atoms with Crippen LogP contribution in [-0.4, -0.2) is 29.1 Å². The van der Waals surface area contributed by atoms with Crippen molar-refractivity contribution >= 4 is 17.6 Å². The van der Waals surface area contributed by atoms with E-state index < -0.39 is 0 Å². The van der Waals surface area contributed by atoms with Crippen LogP contribution in [0.3, 0.4) is 0 Å². The van der Waals surface area contributed by atoms with Crippen molar-refractivity contribution in [3.05, 3.63) is 23.9 Å². The third-order valence-corrected chi connectivity index (χ3v) is 3.90. The molecule has 1 aromatic heterocycles. The van der Waals surface area contributed by atoms with Gasteiger partial charge in [0.05, 0.1) is 0 Å². The van der Waals surface area contributed by atoms with Crippen LogP contribution in [0, 0.1) is 0 Å². The van der Waals surface area contributed by atoms with Crippen molar-refractivity contribution in [2.75, 3.05) is 23.0 Å². The summed E-state index contributed by atoms with van der Waals surface area (Å²) in [5.41, 5.74) is 6.64. The summed E-state index contributed by atoms with van der Waals surface area (Å²) < 4.78 is 0. The Balaban J connectivity index is 2.13. The monoisotopic (exact) mass is 223 g/mol. The van der Waals surface area contributed by atoms with Gasteiger partial charge in [0.1, 0.15) is 5.82 Å². The molecular weight excluding hydrogens is 206 g/mol. The van der Waals surface area contributed by atoms with E-state index in [9.17, 15) is 0 Å². The van der Waals surface area contributed by atoms with Crippen LogP contribution >= 0.6 is 11.8 Å². The second-order valence-electron chi connectivity index (χ2n) is 3.85. The largest absolute Gasteiger partial charge is 0.352 e. The molecule has 2 rings (SSSR count). The lowest BCUT2D eigenvalue weighted by Crippen LogP contribution is -2.40. The van der Waals surface area contributed by atoms with E-state index in [0.29, 0.717) is 12.6 Å². The molecule has 0 spiro atoms. The highest BCUT2D eigenvalue weighted by Crippen LogP contribution is 2.21. The molecule has 1 aromatic rings. The van der Waals surface area contributed by atoms with Gasteiger partial charge in [-0.15, -0.1) is 0 Å². The zero-order valence-corrected chi connectivity index (χ0v) is 9.83. The molecule has 0 radical (unpaired) electrons. The van der Waals surface area contributed by atoms with Crippen molar-refractivity contribution in [1.82, 2.24) is 4.98 Å². The van der Waals surface area contributed by atoms with Crippen molar-refractivity contribution in [1.29, 1.82) is 0 Å². The predicted octanol–water partition coefficient (Wildman–Crippen LogP) is 1.48. The Hall–Kier alpha value is -0.740. The van der Waals surface area contributed by atoms with Crippen molar-refractivity contribution in [2.45, 2.75) is 19.5 Å². The molecule has 0 amide bonds. The van der Waals surface area contributed by atoms with Gasteiger partial charge in [0, 0.05) is 36.8 Å². The summed E-state index contributed by atoms with van der Waals surface area (Å²) in [7, 11) is 0. The Morgan fingerprint density at radius 2 is 2.47 bits per heavy atom. The lowest BCUT2D eigenvalue weighted by Gasteiger charge is -2.34. The molecule has 1 unspecified atom stereocenters. The fourth-order valence-electron chi connectivity index (χ4n) is 1.77. The van der Waals surface area contributed by atoms with Gasteiger partial charge in [-0.3, -0.25) is 0 Å². The first-order valence-electron chi connectivity index (χ1n) is 5.30. The Morgan fingerprint density at radius 3 is 3.07 bits per heavy atom. The summed E-state index contributed by atoms with van der Waals surface area (Å²) in [4.78, 5) is 6.83. The van der Waals surface area contributed by atoms with Crippen LogP contribution in [0.5, 0.6) is 0 Å². The molecule has 2 N–H and O–H groups in total. The van der Waals surface area contributed by atoms with Crippen LogP contribution in [0.1, 0.15) is 12.5 Å². The topological polar surface area (TPSA) is 42.1 Å². The molecule has 0 aromatic carbocycles. The van der Waals surface area contributed by atoms with Gasteiger partial charge in [-0.2, -0.15) is 11.8 Å². The quantitative estimate of drug-likeness (QED) is 0.824. The summed E-state index contributed by atoms with van der Waals surface area (Å²) in [6.45, 7) is 3.92. The average Bonchev–Trinajstić information content (AvgIpc) is 2.30. The van der Waals surface area contributed by atoms with E-state index in [4.69, 9.17) is 5.73 Å². The van der Waals surface area contributed by atoms with Crippen LogP contribution < -0.4 is 10.6 Å². The Bertz CT molecular complexity index is 312. The van der Waals surface area contributed by atoms with E-state index in [1.54, 1.807) is 0 Å². The molecule has 15 heavy (non-hydrogen) atoms. The maximum absolute atomic E-state index is 5.55. The fraction of sp³-hybridized carbons (Fsp3) is 0.545. The molecule has 1 saturated heterocycles. The number of hydrogen-bond donors (Lipinski definition) is 1. The number of thioether (sulfide) groups is 1. The molecule has 1 aliphatic rings. The van der Waals surface area contributed by atoms with Crippen LogP contribution in [0.4, 0.5) is 5.82 Å². The van der Waals surface area contributed by atoms with E-state index in [1.807, 2.05) is 18.0 Å². The molecule has 1 fully saturated rings. The Morgan fingerprint density at radius 1 is 1.60 bits per heavy atom. The van der Waals surface area contributed by atoms with Crippen molar-refractivity contribution in [3.8, 4) is 0 Å². The highest BCUT2D eigenvalue weighted by molar-refractivity contribution is 7.99. The number of anilines is 1. The van der Waals surface area contributed by atoms with Crippen molar-refractivity contribution in [3.63, 3.8) is 0 Å². The van der Waals surface area contributed by atoms with Gasteiger partial charge in [0.15, 0.2) is 0 Å². The second kappa shape index (κ2) is 4.86. The fourth-order valence-corrected chi connectivity index (χ4v) is 2.79. The molecule has 3 nitrogen and oxygen atoms in total. The smallest absolute Gasteiger partial charge is 0.128 e. The van der Waals surface area contributed by atoms with Crippen molar-refractivity contribution in [2.24, 2.45) is 5.73 Å². The first kappa shape index (κ1) is 10.8. The summed E-state index contributed by atoms with van der Waals surface area (Å²) >= 11 is 2.02. The molecule has 0 bridgehead atoms. The summed E-state index contributed by atoms with van der Waals surface area (Å²) in [6, 6.07) is 4.73. The normalized spacial score (nSPS) is 21.7. The summed E-state index contributed by atoms with van der Waals surface area (Å²) in [6.07, 6.45) is 1.88. The molecule has 2 heterocycles. The van der Waals surface area contributed by atoms with Crippen LogP contribution in [0.25, 0.3) is 0 Å². The van der Waals surface area contributed by atoms with Crippen LogP contribution in [0.2, 0.25) is 0 Å². The summed E-state index contributed by atoms with van der Waals surface area (Å²) in [5.74, 6) is 3.48. The van der Waals surface area contributed by atoms with E-state index in [0.717, 1.165) is 17.9 Å². The van der Waals surface area contributed by atoms with E-state index in [2.05, 4.69) is 28.9 Å². The molecule has 1 atom stereocenters. The third kappa shape index (κ3) is 2.44. The van der Waals surface area contributed by atoms with Gasteiger partial charge >= 0.3 is 0 Å². The molecule has 1 aliphatic heterocycles. The first-order valence-corrected chi connectivity index (χ1v) is 6.46.